The number of hydrogen-bond donors (Lipinski definition) is 1. The van der Waals surface area contributed by atoms with Crippen LogP contribution in [0.2, 0.25) is 0 Å². The number of carbonyl (C=O) groups excluding carboxylic acids is 1. The number of amides is 1. The van der Waals surface area contributed by atoms with Crippen molar-refractivity contribution in [2.24, 2.45) is 0 Å². The van der Waals surface area contributed by atoms with Crippen molar-refractivity contribution in [3.8, 4) is 5.75 Å². The van der Waals surface area contributed by atoms with Gasteiger partial charge in [-0.1, -0.05) is 12.1 Å². The van der Waals surface area contributed by atoms with Crippen LogP contribution < -0.4 is 10.1 Å². The van der Waals surface area contributed by atoms with Gasteiger partial charge in [-0.25, -0.2) is 0 Å². The molecule has 0 fully saturated rings. The smallest absolute Gasteiger partial charge is 0.255 e. The van der Waals surface area contributed by atoms with Crippen molar-refractivity contribution in [2.75, 3.05) is 5.32 Å². The highest BCUT2D eigenvalue weighted by Gasteiger charge is 2.08. The van der Waals surface area contributed by atoms with Crippen LogP contribution in [0.4, 0.5) is 5.69 Å². The van der Waals surface area contributed by atoms with Gasteiger partial charge in [0, 0.05) is 11.3 Å². The molecule has 1 N–H and O–H groups in total. The largest absolute Gasteiger partial charge is 0.487 e. The van der Waals surface area contributed by atoms with Gasteiger partial charge in [0.05, 0.1) is 17.4 Å². The Morgan fingerprint density at radius 1 is 1.12 bits per heavy atom. The standard InChI is InChI=1S/C18H17N3O2S/c1-12-4-3-5-15(10-12)19-18(22)14-6-8-16(9-7-14)23-11-17-13(2)20-24-21-17/h3-10H,11H2,1-2H3,(H,19,22). The van der Waals surface area contributed by atoms with E-state index in [1.807, 2.05) is 38.1 Å². The summed E-state index contributed by atoms with van der Waals surface area (Å²) in [5.74, 6) is 0.543. The fourth-order valence-corrected chi connectivity index (χ4v) is 2.71. The summed E-state index contributed by atoms with van der Waals surface area (Å²) < 4.78 is 14.0. The Bertz CT molecular complexity index is 843. The monoisotopic (exact) mass is 339 g/mol. The maximum Gasteiger partial charge on any atom is 0.255 e. The third kappa shape index (κ3) is 3.97. The highest BCUT2D eigenvalue weighted by molar-refractivity contribution is 6.99. The highest BCUT2D eigenvalue weighted by atomic mass is 32.1. The molecule has 0 saturated heterocycles. The first kappa shape index (κ1) is 16.1. The normalized spacial score (nSPS) is 10.4. The summed E-state index contributed by atoms with van der Waals surface area (Å²) in [5, 5.41) is 2.88. The lowest BCUT2D eigenvalue weighted by molar-refractivity contribution is 0.102. The van der Waals surface area contributed by atoms with Crippen molar-refractivity contribution < 1.29 is 9.53 Å². The van der Waals surface area contributed by atoms with Crippen molar-refractivity contribution in [1.82, 2.24) is 8.75 Å². The highest BCUT2D eigenvalue weighted by Crippen LogP contribution is 2.17. The lowest BCUT2D eigenvalue weighted by Crippen LogP contribution is -2.11. The fourth-order valence-electron chi connectivity index (χ4n) is 2.16. The van der Waals surface area contributed by atoms with Crippen LogP contribution in [0.25, 0.3) is 0 Å². The summed E-state index contributed by atoms with van der Waals surface area (Å²) in [5.41, 5.74) is 4.18. The molecule has 3 aromatic rings. The predicted molar refractivity (Wildman–Crippen MR) is 94.6 cm³/mol. The number of aryl methyl sites for hydroxylation is 2. The van der Waals surface area contributed by atoms with Crippen LogP contribution >= 0.6 is 11.7 Å². The quantitative estimate of drug-likeness (QED) is 0.763. The lowest BCUT2D eigenvalue weighted by atomic mass is 10.2. The van der Waals surface area contributed by atoms with Gasteiger partial charge in [0.25, 0.3) is 5.91 Å². The first-order valence-electron chi connectivity index (χ1n) is 7.51. The molecule has 0 saturated carbocycles. The summed E-state index contributed by atoms with van der Waals surface area (Å²) in [6.45, 7) is 4.26. The van der Waals surface area contributed by atoms with Gasteiger partial charge in [-0.05, 0) is 55.8 Å². The lowest BCUT2D eigenvalue weighted by Gasteiger charge is -2.08. The average Bonchev–Trinajstić information content (AvgIpc) is 2.98. The SMILES string of the molecule is Cc1cccc(NC(=O)c2ccc(OCc3nsnc3C)cc2)c1. The van der Waals surface area contributed by atoms with Gasteiger partial charge in [-0.3, -0.25) is 4.79 Å². The van der Waals surface area contributed by atoms with E-state index in [2.05, 4.69) is 14.1 Å². The number of nitrogens with zero attached hydrogens (tertiary/aromatic N) is 2. The molecule has 0 aliphatic heterocycles. The molecule has 122 valence electrons. The molecule has 0 radical (unpaired) electrons. The molecule has 0 atom stereocenters. The Morgan fingerprint density at radius 2 is 1.92 bits per heavy atom. The molecule has 0 spiro atoms. The van der Waals surface area contributed by atoms with E-state index in [0.717, 1.165) is 22.6 Å². The van der Waals surface area contributed by atoms with E-state index < -0.39 is 0 Å². The molecule has 0 aliphatic rings. The predicted octanol–water partition coefficient (Wildman–Crippen LogP) is 3.99. The number of aromatic nitrogens is 2. The first-order chi connectivity index (χ1) is 11.6. The molecular formula is C18H17N3O2S. The summed E-state index contributed by atoms with van der Waals surface area (Å²) in [7, 11) is 0. The van der Waals surface area contributed by atoms with Gasteiger partial charge < -0.3 is 10.1 Å². The van der Waals surface area contributed by atoms with E-state index >= 15 is 0 Å². The molecule has 1 heterocycles. The topological polar surface area (TPSA) is 64.1 Å². The zero-order valence-electron chi connectivity index (χ0n) is 13.4. The third-order valence-corrected chi connectivity index (χ3v) is 4.17. The van der Waals surface area contributed by atoms with E-state index in [0.29, 0.717) is 17.9 Å². The Hall–Kier alpha value is -2.73. The van der Waals surface area contributed by atoms with Gasteiger partial charge in [0.15, 0.2) is 0 Å². The summed E-state index contributed by atoms with van der Waals surface area (Å²) >= 11 is 1.18. The van der Waals surface area contributed by atoms with E-state index in [9.17, 15) is 4.79 Å². The van der Waals surface area contributed by atoms with Crippen LogP contribution in [0.15, 0.2) is 48.5 Å². The minimum atomic E-state index is -0.147. The molecule has 0 unspecified atom stereocenters. The van der Waals surface area contributed by atoms with Crippen LogP contribution in [0.3, 0.4) is 0 Å². The van der Waals surface area contributed by atoms with Crippen molar-refractivity contribution in [1.29, 1.82) is 0 Å². The number of rotatable bonds is 5. The molecule has 6 heteroatoms. The molecule has 0 bridgehead atoms. The minimum absolute atomic E-state index is 0.147. The molecule has 3 rings (SSSR count). The number of carbonyl (C=O) groups is 1. The molecule has 5 nitrogen and oxygen atoms in total. The summed E-state index contributed by atoms with van der Waals surface area (Å²) in [6, 6.07) is 14.7. The average molecular weight is 339 g/mol. The van der Waals surface area contributed by atoms with Crippen molar-refractivity contribution >= 4 is 23.3 Å². The van der Waals surface area contributed by atoms with E-state index in [1.165, 1.54) is 11.7 Å². The van der Waals surface area contributed by atoms with Crippen molar-refractivity contribution in [2.45, 2.75) is 20.5 Å². The maximum absolute atomic E-state index is 12.3. The fraction of sp³-hybridized carbons (Fsp3) is 0.167. The summed E-state index contributed by atoms with van der Waals surface area (Å²) in [4.78, 5) is 12.3. The maximum atomic E-state index is 12.3. The Labute approximate surface area is 144 Å². The third-order valence-electron chi connectivity index (χ3n) is 3.51. The van der Waals surface area contributed by atoms with E-state index in [4.69, 9.17) is 4.74 Å². The van der Waals surface area contributed by atoms with Crippen LogP contribution in [-0.4, -0.2) is 14.7 Å². The van der Waals surface area contributed by atoms with E-state index in [-0.39, 0.29) is 5.91 Å². The molecule has 2 aromatic carbocycles. The van der Waals surface area contributed by atoms with Gasteiger partial charge in [-0.15, -0.1) is 0 Å². The van der Waals surface area contributed by atoms with Gasteiger partial charge >= 0.3 is 0 Å². The Morgan fingerprint density at radius 3 is 2.58 bits per heavy atom. The van der Waals surface area contributed by atoms with Gasteiger partial charge in [-0.2, -0.15) is 8.75 Å². The van der Waals surface area contributed by atoms with Crippen LogP contribution in [-0.2, 0) is 6.61 Å². The first-order valence-corrected chi connectivity index (χ1v) is 8.24. The van der Waals surface area contributed by atoms with E-state index in [1.54, 1.807) is 24.3 Å². The van der Waals surface area contributed by atoms with Crippen molar-refractivity contribution in [3.05, 3.63) is 71.0 Å². The summed E-state index contributed by atoms with van der Waals surface area (Å²) in [6.07, 6.45) is 0. The minimum Gasteiger partial charge on any atom is -0.487 e. The molecule has 1 aromatic heterocycles. The second-order valence-corrected chi connectivity index (χ2v) is 5.96. The van der Waals surface area contributed by atoms with Crippen LogP contribution in [0.1, 0.15) is 27.3 Å². The Kier molecular flexibility index (Phi) is 4.86. The molecular weight excluding hydrogens is 322 g/mol. The molecule has 1 amide bonds. The van der Waals surface area contributed by atoms with Crippen LogP contribution in [0, 0.1) is 13.8 Å². The van der Waals surface area contributed by atoms with Gasteiger partial charge in [0.2, 0.25) is 0 Å². The second kappa shape index (κ2) is 7.23. The number of nitrogens with one attached hydrogen (secondary N) is 1. The zero-order chi connectivity index (χ0) is 16.9. The van der Waals surface area contributed by atoms with Crippen molar-refractivity contribution in [3.63, 3.8) is 0 Å². The van der Waals surface area contributed by atoms with Gasteiger partial charge in [0.1, 0.15) is 18.1 Å². The number of hydrogen-bond acceptors (Lipinski definition) is 5. The second-order valence-electron chi connectivity index (χ2n) is 5.43. The zero-order valence-corrected chi connectivity index (χ0v) is 14.3. The Balaban J connectivity index is 1.61. The molecule has 24 heavy (non-hydrogen) atoms. The number of benzene rings is 2. The number of anilines is 1. The van der Waals surface area contributed by atoms with Crippen LogP contribution in [0.5, 0.6) is 5.75 Å². The number of ether oxygens (including phenoxy) is 1. The molecule has 0 aliphatic carbocycles.